The summed E-state index contributed by atoms with van der Waals surface area (Å²) in [4.78, 5) is 27.5. The van der Waals surface area contributed by atoms with Crippen LogP contribution in [0.15, 0.2) is 0 Å². The highest BCUT2D eigenvalue weighted by Gasteiger charge is 2.47. The Morgan fingerprint density at radius 1 is 1.26 bits per heavy atom. The molecule has 2 heterocycles. The molecular formula is C13H22N2O4. The number of amides is 1. The van der Waals surface area contributed by atoms with Gasteiger partial charge in [-0.05, 0) is 26.7 Å². The van der Waals surface area contributed by atoms with Crippen molar-refractivity contribution in [1.29, 1.82) is 0 Å². The van der Waals surface area contributed by atoms with Crippen molar-refractivity contribution in [2.24, 2.45) is 0 Å². The Bertz CT molecular complexity index is 368. The molecule has 2 rings (SSSR count). The topological polar surface area (TPSA) is 70.1 Å². The zero-order chi connectivity index (χ0) is 14.0. The summed E-state index contributed by atoms with van der Waals surface area (Å²) >= 11 is 0. The number of morpholine rings is 1. The third-order valence-electron chi connectivity index (χ3n) is 4.30. The molecule has 1 amide bonds. The third-order valence-corrected chi connectivity index (χ3v) is 4.30. The lowest BCUT2D eigenvalue weighted by Gasteiger charge is -2.38. The standard InChI is InChI=1S/C13H22N2O4/c1-10(11(16)14-6-8-19-9-7-14)15-5-3-4-13(15,2)12(17)18/h10H,3-9H2,1-2H3,(H,17,18). The van der Waals surface area contributed by atoms with Crippen LogP contribution in [0.4, 0.5) is 0 Å². The summed E-state index contributed by atoms with van der Waals surface area (Å²) in [6.45, 7) is 6.51. The summed E-state index contributed by atoms with van der Waals surface area (Å²) in [5, 5.41) is 9.40. The van der Waals surface area contributed by atoms with Gasteiger partial charge in [-0.15, -0.1) is 0 Å². The summed E-state index contributed by atoms with van der Waals surface area (Å²) in [5.41, 5.74) is -0.915. The molecule has 0 aromatic carbocycles. The molecule has 6 nitrogen and oxygen atoms in total. The van der Waals surface area contributed by atoms with E-state index in [4.69, 9.17) is 4.74 Å². The molecule has 2 aliphatic heterocycles. The molecule has 0 radical (unpaired) electrons. The molecule has 19 heavy (non-hydrogen) atoms. The molecular weight excluding hydrogens is 248 g/mol. The summed E-state index contributed by atoms with van der Waals surface area (Å²) < 4.78 is 5.23. The predicted octanol–water partition coefficient (Wildman–Crippen LogP) is 0.173. The average Bonchev–Trinajstić information content (AvgIpc) is 2.81. The van der Waals surface area contributed by atoms with E-state index in [0.717, 1.165) is 6.42 Å². The van der Waals surface area contributed by atoms with E-state index < -0.39 is 11.5 Å². The highest BCUT2D eigenvalue weighted by molar-refractivity contribution is 5.84. The quantitative estimate of drug-likeness (QED) is 0.792. The van der Waals surface area contributed by atoms with E-state index in [1.165, 1.54) is 0 Å². The minimum atomic E-state index is -0.915. The summed E-state index contributed by atoms with van der Waals surface area (Å²) in [5.74, 6) is -0.829. The second-order valence-corrected chi connectivity index (χ2v) is 5.49. The molecule has 2 aliphatic rings. The summed E-state index contributed by atoms with van der Waals surface area (Å²) in [6, 6.07) is -0.387. The van der Waals surface area contributed by atoms with Crippen molar-refractivity contribution < 1.29 is 19.4 Å². The number of hydrogen-bond acceptors (Lipinski definition) is 4. The number of carboxylic acids is 1. The third kappa shape index (κ3) is 2.60. The van der Waals surface area contributed by atoms with Gasteiger partial charge < -0.3 is 14.7 Å². The van der Waals surface area contributed by atoms with Crippen LogP contribution in [0.3, 0.4) is 0 Å². The smallest absolute Gasteiger partial charge is 0.323 e. The van der Waals surface area contributed by atoms with Gasteiger partial charge in [0.15, 0.2) is 0 Å². The van der Waals surface area contributed by atoms with Gasteiger partial charge >= 0.3 is 5.97 Å². The van der Waals surface area contributed by atoms with Crippen LogP contribution in [0.25, 0.3) is 0 Å². The monoisotopic (exact) mass is 270 g/mol. The van der Waals surface area contributed by atoms with E-state index in [9.17, 15) is 14.7 Å². The fourth-order valence-corrected chi connectivity index (χ4v) is 3.02. The normalized spacial score (nSPS) is 30.3. The minimum Gasteiger partial charge on any atom is -0.480 e. The predicted molar refractivity (Wildman–Crippen MR) is 68.8 cm³/mol. The number of ether oxygens (including phenoxy) is 1. The first-order chi connectivity index (χ1) is 8.97. The Morgan fingerprint density at radius 2 is 1.89 bits per heavy atom. The van der Waals surface area contributed by atoms with Crippen LogP contribution in [0, 0.1) is 0 Å². The van der Waals surface area contributed by atoms with Crippen LogP contribution in [0.5, 0.6) is 0 Å². The van der Waals surface area contributed by atoms with Gasteiger partial charge in [0.1, 0.15) is 5.54 Å². The SMILES string of the molecule is CC(C(=O)N1CCOCC1)N1CCCC1(C)C(=O)O. The Hall–Kier alpha value is -1.14. The van der Waals surface area contributed by atoms with E-state index in [1.807, 2.05) is 11.8 Å². The lowest BCUT2D eigenvalue weighted by molar-refractivity contribution is -0.153. The van der Waals surface area contributed by atoms with Crippen molar-refractivity contribution in [2.75, 3.05) is 32.8 Å². The molecule has 2 saturated heterocycles. The van der Waals surface area contributed by atoms with Crippen LogP contribution in [-0.2, 0) is 14.3 Å². The fraction of sp³-hybridized carbons (Fsp3) is 0.846. The number of rotatable bonds is 3. The maximum Gasteiger partial charge on any atom is 0.323 e. The number of hydrogen-bond donors (Lipinski definition) is 1. The van der Waals surface area contributed by atoms with Crippen molar-refractivity contribution in [1.82, 2.24) is 9.80 Å². The molecule has 1 N–H and O–H groups in total. The lowest BCUT2D eigenvalue weighted by Crippen LogP contribution is -2.57. The Morgan fingerprint density at radius 3 is 2.47 bits per heavy atom. The Labute approximate surface area is 113 Å². The van der Waals surface area contributed by atoms with Crippen molar-refractivity contribution in [3.05, 3.63) is 0 Å². The van der Waals surface area contributed by atoms with Gasteiger partial charge in [0.05, 0.1) is 19.3 Å². The molecule has 0 bridgehead atoms. The average molecular weight is 270 g/mol. The molecule has 108 valence electrons. The zero-order valence-electron chi connectivity index (χ0n) is 11.6. The van der Waals surface area contributed by atoms with E-state index >= 15 is 0 Å². The Balaban J connectivity index is 2.07. The number of carbonyl (C=O) groups excluding carboxylic acids is 1. The van der Waals surface area contributed by atoms with Gasteiger partial charge in [0, 0.05) is 19.6 Å². The van der Waals surface area contributed by atoms with E-state index in [2.05, 4.69) is 0 Å². The van der Waals surface area contributed by atoms with Crippen molar-refractivity contribution in [3.8, 4) is 0 Å². The van der Waals surface area contributed by atoms with Crippen molar-refractivity contribution >= 4 is 11.9 Å². The molecule has 2 atom stereocenters. The molecule has 2 fully saturated rings. The van der Waals surface area contributed by atoms with Gasteiger partial charge in [0.25, 0.3) is 0 Å². The van der Waals surface area contributed by atoms with Crippen LogP contribution in [0.2, 0.25) is 0 Å². The molecule has 0 spiro atoms. The molecule has 0 aromatic rings. The van der Waals surface area contributed by atoms with Crippen LogP contribution in [-0.4, -0.2) is 71.2 Å². The van der Waals surface area contributed by atoms with E-state index in [1.54, 1.807) is 11.8 Å². The number of carboxylic acid groups (broad SMARTS) is 1. The van der Waals surface area contributed by atoms with Gasteiger partial charge in [-0.25, -0.2) is 0 Å². The first-order valence-electron chi connectivity index (χ1n) is 6.83. The van der Waals surface area contributed by atoms with Crippen molar-refractivity contribution in [3.63, 3.8) is 0 Å². The molecule has 0 saturated carbocycles. The number of carbonyl (C=O) groups is 2. The maximum atomic E-state index is 12.4. The van der Waals surface area contributed by atoms with Crippen LogP contribution >= 0.6 is 0 Å². The molecule has 2 unspecified atom stereocenters. The minimum absolute atomic E-state index is 0.0117. The van der Waals surface area contributed by atoms with E-state index in [0.29, 0.717) is 39.3 Å². The lowest BCUT2D eigenvalue weighted by atomic mass is 9.97. The highest BCUT2D eigenvalue weighted by Crippen LogP contribution is 2.31. The van der Waals surface area contributed by atoms with Gasteiger partial charge in [0.2, 0.25) is 5.91 Å². The zero-order valence-corrected chi connectivity index (χ0v) is 11.6. The first kappa shape index (κ1) is 14.3. The van der Waals surface area contributed by atoms with E-state index in [-0.39, 0.29) is 11.9 Å². The second kappa shape index (κ2) is 5.46. The summed E-state index contributed by atoms with van der Waals surface area (Å²) in [7, 11) is 0. The highest BCUT2D eigenvalue weighted by atomic mass is 16.5. The fourth-order valence-electron chi connectivity index (χ4n) is 3.02. The first-order valence-corrected chi connectivity index (χ1v) is 6.83. The maximum absolute atomic E-state index is 12.4. The molecule has 6 heteroatoms. The van der Waals surface area contributed by atoms with Gasteiger partial charge in [-0.1, -0.05) is 0 Å². The number of aliphatic carboxylic acids is 1. The van der Waals surface area contributed by atoms with Crippen LogP contribution < -0.4 is 0 Å². The largest absolute Gasteiger partial charge is 0.480 e. The number of nitrogens with zero attached hydrogens (tertiary/aromatic N) is 2. The van der Waals surface area contributed by atoms with Gasteiger partial charge in [-0.3, -0.25) is 14.5 Å². The van der Waals surface area contributed by atoms with Crippen molar-refractivity contribution in [2.45, 2.75) is 38.3 Å². The van der Waals surface area contributed by atoms with Crippen LogP contribution in [0.1, 0.15) is 26.7 Å². The molecule has 0 aromatic heterocycles. The Kier molecular flexibility index (Phi) is 4.10. The second-order valence-electron chi connectivity index (χ2n) is 5.49. The summed E-state index contributed by atoms with van der Waals surface area (Å²) in [6.07, 6.45) is 1.42. The molecule has 0 aliphatic carbocycles. The number of likely N-dealkylation sites (tertiary alicyclic amines) is 1. The van der Waals surface area contributed by atoms with Gasteiger partial charge in [-0.2, -0.15) is 0 Å².